The van der Waals surface area contributed by atoms with Crippen molar-refractivity contribution >= 4 is 34.5 Å². The number of nitrogens with zero attached hydrogens (tertiary/aromatic N) is 4. The number of benzene rings is 2. The van der Waals surface area contributed by atoms with Crippen LogP contribution in [-0.2, 0) is 0 Å². The van der Waals surface area contributed by atoms with Crippen LogP contribution in [0.2, 0.25) is 0 Å². The summed E-state index contributed by atoms with van der Waals surface area (Å²) in [6.45, 7) is 4.00. The molecule has 0 aliphatic carbocycles. The molecule has 2 aromatic heterocycles. The van der Waals surface area contributed by atoms with Gasteiger partial charge in [-0.15, -0.1) is 0 Å². The van der Waals surface area contributed by atoms with Crippen LogP contribution in [0.4, 0.5) is 11.4 Å². The van der Waals surface area contributed by atoms with Crippen molar-refractivity contribution in [2.24, 2.45) is 5.10 Å². The molecule has 33 heavy (non-hydrogen) atoms. The van der Waals surface area contributed by atoms with Gasteiger partial charge >= 0.3 is 5.91 Å². The number of nitro groups is 1. The number of carbonyl (C=O) groups excluding carboxylic acids is 1. The van der Waals surface area contributed by atoms with E-state index in [1.165, 1.54) is 24.3 Å². The number of rotatable bonds is 6. The average molecular weight is 445 g/mol. The minimum atomic E-state index is -0.543. The molecule has 2 heterocycles. The van der Waals surface area contributed by atoms with Gasteiger partial charge in [-0.1, -0.05) is 0 Å². The Morgan fingerprint density at radius 3 is 2.52 bits per heavy atom. The standard InChI is InChI=1S/C24H23N5O4/c1-15-11-18(16(2)28(15)20-7-5-19(6-8-20)27(3)4)14-25-26-24(30)23-13-17-12-21(29(31)32)9-10-22(17)33-23/h5-14H,1-4H3,(H,26,30)/b25-14+. The number of hydrogen-bond acceptors (Lipinski definition) is 6. The second kappa shape index (κ2) is 8.62. The first-order chi connectivity index (χ1) is 15.7. The predicted molar refractivity (Wildman–Crippen MR) is 127 cm³/mol. The highest BCUT2D eigenvalue weighted by Gasteiger charge is 2.15. The third kappa shape index (κ3) is 4.33. The molecule has 9 nitrogen and oxygen atoms in total. The van der Waals surface area contributed by atoms with E-state index in [-0.39, 0.29) is 11.4 Å². The summed E-state index contributed by atoms with van der Waals surface area (Å²) >= 11 is 0. The van der Waals surface area contributed by atoms with Crippen molar-refractivity contribution in [2.45, 2.75) is 13.8 Å². The Labute approximate surface area is 190 Å². The Bertz CT molecular complexity index is 1380. The van der Waals surface area contributed by atoms with Crippen molar-refractivity contribution in [1.82, 2.24) is 9.99 Å². The number of hydrazone groups is 1. The summed E-state index contributed by atoms with van der Waals surface area (Å²) in [5.41, 5.74) is 7.81. The van der Waals surface area contributed by atoms with E-state index in [0.717, 1.165) is 28.3 Å². The minimum absolute atomic E-state index is 0.0223. The molecule has 168 valence electrons. The molecule has 0 bridgehead atoms. The van der Waals surface area contributed by atoms with Crippen LogP contribution >= 0.6 is 0 Å². The highest BCUT2D eigenvalue weighted by molar-refractivity contribution is 5.97. The summed E-state index contributed by atoms with van der Waals surface area (Å²) in [7, 11) is 4.00. The topological polar surface area (TPSA) is 106 Å². The van der Waals surface area contributed by atoms with Crippen molar-refractivity contribution in [2.75, 3.05) is 19.0 Å². The van der Waals surface area contributed by atoms with E-state index >= 15 is 0 Å². The predicted octanol–water partition coefficient (Wildman–Crippen LogP) is 4.58. The first-order valence-corrected chi connectivity index (χ1v) is 10.2. The zero-order valence-electron chi connectivity index (χ0n) is 18.7. The molecule has 0 fully saturated rings. The van der Waals surface area contributed by atoms with Gasteiger partial charge in [0.25, 0.3) is 5.69 Å². The molecular formula is C24H23N5O4. The number of fused-ring (bicyclic) bond motifs is 1. The van der Waals surface area contributed by atoms with Gasteiger partial charge in [0.2, 0.25) is 0 Å². The van der Waals surface area contributed by atoms with Crippen LogP contribution < -0.4 is 10.3 Å². The normalized spacial score (nSPS) is 11.3. The maximum Gasteiger partial charge on any atom is 0.307 e. The molecule has 4 rings (SSSR count). The summed E-state index contributed by atoms with van der Waals surface area (Å²) in [5.74, 6) is -0.521. The maximum absolute atomic E-state index is 12.4. The summed E-state index contributed by atoms with van der Waals surface area (Å²) in [6, 6.07) is 15.8. The van der Waals surface area contributed by atoms with Crippen molar-refractivity contribution < 1.29 is 14.1 Å². The van der Waals surface area contributed by atoms with Gasteiger partial charge in [0.15, 0.2) is 5.76 Å². The van der Waals surface area contributed by atoms with Crippen molar-refractivity contribution in [3.05, 3.63) is 87.4 Å². The lowest BCUT2D eigenvalue weighted by Gasteiger charge is -2.14. The Morgan fingerprint density at radius 2 is 1.85 bits per heavy atom. The van der Waals surface area contributed by atoms with Crippen LogP contribution in [0.3, 0.4) is 0 Å². The largest absolute Gasteiger partial charge is 0.451 e. The monoisotopic (exact) mass is 445 g/mol. The molecule has 0 saturated carbocycles. The first kappa shape index (κ1) is 21.8. The number of anilines is 1. The number of non-ortho nitro benzene ring substituents is 1. The number of nitrogens with one attached hydrogen (secondary N) is 1. The molecule has 0 atom stereocenters. The zero-order chi connectivity index (χ0) is 23.7. The zero-order valence-corrected chi connectivity index (χ0v) is 18.7. The molecular weight excluding hydrogens is 422 g/mol. The molecule has 9 heteroatoms. The lowest BCUT2D eigenvalue weighted by molar-refractivity contribution is -0.384. The Morgan fingerprint density at radius 1 is 1.12 bits per heavy atom. The Kier molecular flexibility index (Phi) is 5.70. The molecule has 0 aliphatic heterocycles. The van der Waals surface area contributed by atoms with Crippen molar-refractivity contribution in [3.63, 3.8) is 0 Å². The van der Waals surface area contributed by atoms with Crippen LogP contribution in [0, 0.1) is 24.0 Å². The van der Waals surface area contributed by atoms with E-state index in [9.17, 15) is 14.9 Å². The number of amides is 1. The Hall–Kier alpha value is -4.40. The van der Waals surface area contributed by atoms with Gasteiger partial charge in [0, 0.05) is 59.9 Å². The summed E-state index contributed by atoms with van der Waals surface area (Å²) < 4.78 is 7.60. The number of aromatic nitrogens is 1. The van der Waals surface area contributed by atoms with Gasteiger partial charge in [-0.25, -0.2) is 5.43 Å². The maximum atomic E-state index is 12.4. The van der Waals surface area contributed by atoms with Gasteiger partial charge in [-0.3, -0.25) is 14.9 Å². The molecule has 2 aromatic carbocycles. The van der Waals surface area contributed by atoms with Gasteiger partial charge in [0.05, 0.1) is 11.1 Å². The van der Waals surface area contributed by atoms with E-state index in [2.05, 4.69) is 39.4 Å². The number of furan rings is 1. The average Bonchev–Trinajstić information content (AvgIpc) is 3.33. The van der Waals surface area contributed by atoms with Gasteiger partial charge in [0.1, 0.15) is 5.58 Å². The Balaban J connectivity index is 1.50. The smallest absolute Gasteiger partial charge is 0.307 e. The van der Waals surface area contributed by atoms with E-state index in [4.69, 9.17) is 4.42 Å². The van der Waals surface area contributed by atoms with Crippen molar-refractivity contribution in [1.29, 1.82) is 0 Å². The molecule has 4 aromatic rings. The molecule has 1 N–H and O–H groups in total. The fourth-order valence-corrected chi connectivity index (χ4v) is 3.69. The molecule has 1 amide bonds. The minimum Gasteiger partial charge on any atom is -0.451 e. The van der Waals surface area contributed by atoms with E-state index in [1.54, 1.807) is 6.21 Å². The SMILES string of the molecule is Cc1cc(/C=N/NC(=O)c2cc3cc([N+](=O)[O-])ccc3o2)c(C)n1-c1ccc(N(C)C)cc1. The fourth-order valence-electron chi connectivity index (χ4n) is 3.69. The molecule has 0 aliphatic rings. The summed E-state index contributed by atoms with van der Waals surface area (Å²) in [6.07, 6.45) is 1.58. The van der Waals surface area contributed by atoms with Crippen LogP contribution in [0.5, 0.6) is 0 Å². The lowest BCUT2D eigenvalue weighted by atomic mass is 10.2. The van der Waals surface area contributed by atoms with E-state index in [0.29, 0.717) is 11.0 Å². The molecule has 0 saturated heterocycles. The fraction of sp³-hybridized carbons (Fsp3) is 0.167. The van der Waals surface area contributed by atoms with Gasteiger partial charge < -0.3 is 13.9 Å². The third-order valence-electron chi connectivity index (χ3n) is 5.40. The van der Waals surface area contributed by atoms with Gasteiger partial charge in [-0.2, -0.15) is 5.10 Å². The van der Waals surface area contributed by atoms with E-state index < -0.39 is 10.8 Å². The highest BCUT2D eigenvalue weighted by Crippen LogP contribution is 2.24. The molecule has 0 unspecified atom stereocenters. The quantitative estimate of drug-likeness (QED) is 0.266. The second-order valence-electron chi connectivity index (χ2n) is 7.86. The van der Waals surface area contributed by atoms with Crippen LogP contribution in [0.25, 0.3) is 16.7 Å². The second-order valence-corrected chi connectivity index (χ2v) is 7.86. The van der Waals surface area contributed by atoms with E-state index in [1.807, 2.05) is 38.9 Å². The number of nitro benzene ring substituents is 1. The van der Waals surface area contributed by atoms with Crippen LogP contribution in [-0.4, -0.2) is 35.7 Å². The van der Waals surface area contributed by atoms with Crippen LogP contribution in [0.1, 0.15) is 27.5 Å². The number of carbonyl (C=O) groups is 1. The third-order valence-corrected chi connectivity index (χ3v) is 5.40. The highest BCUT2D eigenvalue weighted by atomic mass is 16.6. The van der Waals surface area contributed by atoms with Crippen molar-refractivity contribution in [3.8, 4) is 5.69 Å². The first-order valence-electron chi connectivity index (χ1n) is 10.2. The lowest BCUT2D eigenvalue weighted by Crippen LogP contribution is -2.16. The number of aryl methyl sites for hydroxylation is 1. The summed E-state index contributed by atoms with van der Waals surface area (Å²) in [4.78, 5) is 24.9. The van der Waals surface area contributed by atoms with Crippen LogP contribution in [0.15, 0.2) is 64.1 Å². The molecule has 0 radical (unpaired) electrons. The number of hydrogen-bond donors (Lipinski definition) is 1. The molecule has 0 spiro atoms. The summed E-state index contributed by atoms with van der Waals surface area (Å²) in [5, 5.41) is 15.5. The van der Waals surface area contributed by atoms with Gasteiger partial charge in [-0.05, 0) is 56.3 Å².